The first-order valence-electron chi connectivity index (χ1n) is 7.90. The summed E-state index contributed by atoms with van der Waals surface area (Å²) in [6.45, 7) is 0. The highest BCUT2D eigenvalue weighted by molar-refractivity contribution is 6.06. The third-order valence-electron chi connectivity index (χ3n) is 3.87. The van der Waals surface area contributed by atoms with E-state index in [0.717, 1.165) is 16.8 Å². The van der Waals surface area contributed by atoms with Gasteiger partial charge in [-0.2, -0.15) is 0 Å². The minimum atomic E-state index is -0.222. The van der Waals surface area contributed by atoms with E-state index in [2.05, 4.69) is 5.32 Å². The molecular weight excluding hydrogens is 314 g/mol. The summed E-state index contributed by atoms with van der Waals surface area (Å²) in [5, 5.41) is 2.98. The first kappa shape index (κ1) is 16.6. The monoisotopic (exact) mass is 333 g/mol. The van der Waals surface area contributed by atoms with Crippen LogP contribution >= 0.6 is 0 Å². The maximum atomic E-state index is 12.7. The fourth-order valence-corrected chi connectivity index (χ4v) is 2.59. The van der Waals surface area contributed by atoms with Gasteiger partial charge < -0.3 is 14.8 Å². The Labute approximate surface area is 147 Å². The number of ether oxygens (including phenoxy) is 2. The fourth-order valence-electron chi connectivity index (χ4n) is 2.59. The van der Waals surface area contributed by atoms with Gasteiger partial charge >= 0.3 is 0 Å². The van der Waals surface area contributed by atoms with Crippen LogP contribution in [0.4, 0.5) is 5.69 Å². The number of hydrogen-bond acceptors (Lipinski definition) is 3. The molecule has 0 radical (unpaired) electrons. The summed E-state index contributed by atoms with van der Waals surface area (Å²) >= 11 is 0. The molecule has 0 fully saturated rings. The Morgan fingerprint density at radius 1 is 0.800 bits per heavy atom. The third-order valence-corrected chi connectivity index (χ3v) is 3.87. The molecule has 0 heterocycles. The molecule has 0 bridgehead atoms. The van der Waals surface area contributed by atoms with Crippen molar-refractivity contribution in [2.75, 3.05) is 19.5 Å². The van der Waals surface area contributed by atoms with Crippen molar-refractivity contribution < 1.29 is 14.3 Å². The Bertz CT molecular complexity index is 853. The van der Waals surface area contributed by atoms with Crippen molar-refractivity contribution in [3.8, 4) is 22.6 Å². The third kappa shape index (κ3) is 3.80. The standard InChI is InChI=1S/C21H19NO3/c1-24-17-12-16(13-18(14-17)25-2)21(23)22-20-11-7-6-10-19(20)15-8-4-3-5-9-15/h3-14H,1-2H3,(H,22,23). The molecule has 0 aliphatic carbocycles. The maximum Gasteiger partial charge on any atom is 0.255 e. The van der Waals surface area contributed by atoms with Crippen molar-refractivity contribution in [3.05, 3.63) is 78.4 Å². The normalized spacial score (nSPS) is 10.2. The molecule has 0 saturated heterocycles. The lowest BCUT2D eigenvalue weighted by Gasteiger charge is -2.12. The zero-order valence-electron chi connectivity index (χ0n) is 14.2. The molecule has 0 unspecified atom stereocenters. The minimum absolute atomic E-state index is 0.222. The molecule has 3 aromatic carbocycles. The van der Waals surface area contributed by atoms with Crippen molar-refractivity contribution in [3.63, 3.8) is 0 Å². The van der Waals surface area contributed by atoms with E-state index >= 15 is 0 Å². The molecular formula is C21H19NO3. The molecule has 0 saturated carbocycles. The average Bonchev–Trinajstić information content (AvgIpc) is 2.68. The Balaban J connectivity index is 1.92. The van der Waals surface area contributed by atoms with E-state index in [1.807, 2.05) is 54.6 Å². The highest BCUT2D eigenvalue weighted by Gasteiger charge is 2.12. The van der Waals surface area contributed by atoms with Gasteiger partial charge in [0.1, 0.15) is 11.5 Å². The molecule has 4 heteroatoms. The Morgan fingerprint density at radius 3 is 2.04 bits per heavy atom. The molecule has 1 amide bonds. The van der Waals surface area contributed by atoms with Crippen LogP contribution in [0.25, 0.3) is 11.1 Å². The van der Waals surface area contributed by atoms with Crippen molar-refractivity contribution in [1.29, 1.82) is 0 Å². The van der Waals surface area contributed by atoms with E-state index in [1.54, 1.807) is 32.4 Å². The first-order valence-corrected chi connectivity index (χ1v) is 7.90. The van der Waals surface area contributed by atoms with Gasteiger partial charge in [0.2, 0.25) is 0 Å². The highest BCUT2D eigenvalue weighted by atomic mass is 16.5. The summed E-state index contributed by atoms with van der Waals surface area (Å²) in [4.78, 5) is 12.7. The number of methoxy groups -OCH3 is 2. The smallest absolute Gasteiger partial charge is 0.255 e. The molecule has 0 atom stereocenters. The van der Waals surface area contributed by atoms with Crippen LogP contribution in [-0.4, -0.2) is 20.1 Å². The SMILES string of the molecule is COc1cc(OC)cc(C(=O)Nc2ccccc2-c2ccccc2)c1. The quantitative estimate of drug-likeness (QED) is 0.741. The summed E-state index contributed by atoms with van der Waals surface area (Å²) in [5.41, 5.74) is 3.23. The number of carbonyl (C=O) groups excluding carboxylic acids is 1. The molecule has 0 aromatic heterocycles. The van der Waals surface area contributed by atoms with Gasteiger partial charge in [0.25, 0.3) is 5.91 Å². The summed E-state index contributed by atoms with van der Waals surface area (Å²) in [5.74, 6) is 0.919. The van der Waals surface area contributed by atoms with E-state index in [-0.39, 0.29) is 5.91 Å². The van der Waals surface area contributed by atoms with Gasteiger partial charge in [-0.15, -0.1) is 0 Å². The van der Waals surface area contributed by atoms with E-state index in [1.165, 1.54) is 0 Å². The Hall–Kier alpha value is -3.27. The van der Waals surface area contributed by atoms with Crippen LogP contribution < -0.4 is 14.8 Å². The average molecular weight is 333 g/mol. The largest absolute Gasteiger partial charge is 0.497 e. The zero-order valence-corrected chi connectivity index (χ0v) is 14.2. The lowest BCUT2D eigenvalue weighted by atomic mass is 10.0. The van der Waals surface area contributed by atoms with Gasteiger partial charge in [-0.1, -0.05) is 48.5 Å². The van der Waals surface area contributed by atoms with Crippen LogP contribution in [0.1, 0.15) is 10.4 Å². The number of anilines is 1. The van der Waals surface area contributed by atoms with Crippen LogP contribution in [0.15, 0.2) is 72.8 Å². The highest BCUT2D eigenvalue weighted by Crippen LogP contribution is 2.29. The molecule has 0 spiro atoms. The van der Waals surface area contributed by atoms with E-state index in [0.29, 0.717) is 17.1 Å². The van der Waals surface area contributed by atoms with Gasteiger partial charge in [0, 0.05) is 22.9 Å². The summed E-state index contributed by atoms with van der Waals surface area (Å²) in [7, 11) is 3.11. The van der Waals surface area contributed by atoms with Crippen LogP contribution in [0, 0.1) is 0 Å². The zero-order chi connectivity index (χ0) is 17.6. The van der Waals surface area contributed by atoms with E-state index < -0.39 is 0 Å². The molecule has 0 aliphatic heterocycles. The maximum absolute atomic E-state index is 12.7. The Kier molecular flexibility index (Phi) is 5.00. The number of amides is 1. The molecule has 126 valence electrons. The number of benzene rings is 3. The molecule has 1 N–H and O–H groups in total. The second-order valence-electron chi connectivity index (χ2n) is 5.47. The fraction of sp³-hybridized carbons (Fsp3) is 0.0952. The number of carbonyl (C=O) groups is 1. The van der Waals surface area contributed by atoms with Crippen molar-refractivity contribution in [2.45, 2.75) is 0 Å². The predicted octanol–water partition coefficient (Wildman–Crippen LogP) is 4.62. The lowest BCUT2D eigenvalue weighted by molar-refractivity contribution is 0.102. The van der Waals surface area contributed by atoms with Gasteiger partial charge in [0.15, 0.2) is 0 Å². The van der Waals surface area contributed by atoms with Crippen molar-refractivity contribution >= 4 is 11.6 Å². The summed E-state index contributed by atoms with van der Waals surface area (Å²) in [6.07, 6.45) is 0. The topological polar surface area (TPSA) is 47.6 Å². The van der Waals surface area contributed by atoms with Gasteiger partial charge in [-0.3, -0.25) is 4.79 Å². The summed E-state index contributed by atoms with van der Waals surface area (Å²) < 4.78 is 10.5. The second kappa shape index (κ2) is 7.53. The lowest BCUT2D eigenvalue weighted by Crippen LogP contribution is -2.13. The van der Waals surface area contributed by atoms with Crippen molar-refractivity contribution in [2.24, 2.45) is 0 Å². The van der Waals surface area contributed by atoms with Crippen LogP contribution in [-0.2, 0) is 0 Å². The first-order chi connectivity index (χ1) is 12.2. The van der Waals surface area contributed by atoms with Crippen LogP contribution in [0.5, 0.6) is 11.5 Å². The number of hydrogen-bond donors (Lipinski definition) is 1. The van der Waals surface area contributed by atoms with Crippen LogP contribution in [0.2, 0.25) is 0 Å². The predicted molar refractivity (Wildman–Crippen MR) is 99.4 cm³/mol. The number of nitrogens with one attached hydrogen (secondary N) is 1. The summed E-state index contributed by atoms with van der Waals surface area (Å²) in [6, 6.07) is 22.8. The molecule has 3 aromatic rings. The van der Waals surface area contributed by atoms with Gasteiger partial charge in [-0.05, 0) is 23.8 Å². The Morgan fingerprint density at radius 2 is 1.40 bits per heavy atom. The van der Waals surface area contributed by atoms with Crippen LogP contribution in [0.3, 0.4) is 0 Å². The number of para-hydroxylation sites is 1. The van der Waals surface area contributed by atoms with E-state index in [4.69, 9.17) is 9.47 Å². The van der Waals surface area contributed by atoms with Gasteiger partial charge in [0.05, 0.1) is 14.2 Å². The molecule has 0 aliphatic rings. The minimum Gasteiger partial charge on any atom is -0.497 e. The molecule has 25 heavy (non-hydrogen) atoms. The number of rotatable bonds is 5. The van der Waals surface area contributed by atoms with E-state index in [9.17, 15) is 4.79 Å². The molecule has 4 nitrogen and oxygen atoms in total. The van der Waals surface area contributed by atoms with Crippen molar-refractivity contribution in [1.82, 2.24) is 0 Å². The second-order valence-corrected chi connectivity index (χ2v) is 5.47. The van der Waals surface area contributed by atoms with Gasteiger partial charge in [-0.25, -0.2) is 0 Å². The molecule has 3 rings (SSSR count).